The number of para-hydroxylation sites is 1. The molecule has 0 spiro atoms. The summed E-state index contributed by atoms with van der Waals surface area (Å²) in [6.07, 6.45) is -5.30. The van der Waals surface area contributed by atoms with E-state index in [2.05, 4.69) is 5.32 Å². The maximum absolute atomic E-state index is 13.3. The Kier molecular flexibility index (Phi) is 6.26. The maximum atomic E-state index is 13.3. The molecule has 1 amide bonds. The fraction of sp³-hybridized carbons (Fsp3) is 0.138. The zero-order valence-corrected chi connectivity index (χ0v) is 21.4. The van der Waals surface area contributed by atoms with Gasteiger partial charge in [0.1, 0.15) is 11.5 Å². The molecule has 6 nitrogen and oxygen atoms in total. The number of nitrogens with zero attached hydrogens (tertiary/aromatic N) is 3. The highest BCUT2D eigenvalue weighted by Gasteiger charge is 2.36. The average molecular weight is 547 g/mol. The van der Waals surface area contributed by atoms with E-state index >= 15 is 0 Å². The minimum Gasteiger partial charge on any atom is -0.457 e. The Bertz CT molecular complexity index is 1730. The molecule has 3 aromatic carbocycles. The number of carbonyl (C=O) groups is 1. The van der Waals surface area contributed by atoms with E-state index < -0.39 is 17.9 Å². The average Bonchev–Trinajstić information content (AvgIpc) is 3.42. The van der Waals surface area contributed by atoms with Gasteiger partial charge in [0.25, 0.3) is 5.91 Å². The van der Waals surface area contributed by atoms with Crippen molar-refractivity contribution >= 4 is 28.5 Å². The molecule has 0 aliphatic carbocycles. The number of rotatable bonds is 4. The monoisotopic (exact) mass is 546 g/mol. The van der Waals surface area contributed by atoms with E-state index in [-0.39, 0.29) is 17.2 Å². The van der Waals surface area contributed by atoms with E-state index in [1.807, 2.05) is 43.3 Å². The second-order valence-corrected chi connectivity index (χ2v) is 10.1. The zero-order valence-electron chi connectivity index (χ0n) is 20.6. The lowest BCUT2D eigenvalue weighted by molar-refractivity contribution is -0.137. The highest BCUT2D eigenvalue weighted by molar-refractivity contribution is 8.13. The number of fused-ring (bicyclic) bond motifs is 2. The van der Waals surface area contributed by atoms with Gasteiger partial charge in [-0.1, -0.05) is 71.9 Å². The van der Waals surface area contributed by atoms with Crippen molar-refractivity contribution in [2.45, 2.75) is 25.0 Å². The highest BCUT2D eigenvalue weighted by Crippen LogP contribution is 2.36. The Labute approximate surface area is 225 Å². The summed E-state index contributed by atoms with van der Waals surface area (Å²) >= 11 is 1.38. The van der Waals surface area contributed by atoms with Crippen molar-refractivity contribution in [3.8, 4) is 11.3 Å². The molecule has 2 aliphatic rings. The van der Waals surface area contributed by atoms with Crippen LogP contribution in [0.3, 0.4) is 0 Å². The normalized spacial score (nSPS) is 16.7. The molecule has 2 aliphatic heterocycles. The van der Waals surface area contributed by atoms with Crippen molar-refractivity contribution in [2.75, 3.05) is 0 Å². The Morgan fingerprint density at radius 3 is 2.59 bits per heavy atom. The van der Waals surface area contributed by atoms with Gasteiger partial charge in [-0.2, -0.15) is 13.2 Å². The van der Waals surface area contributed by atoms with Crippen LogP contribution in [0.15, 0.2) is 99.4 Å². The molecule has 1 N–H and O–H groups in total. The summed E-state index contributed by atoms with van der Waals surface area (Å²) in [5.41, 5.74) is 2.08. The summed E-state index contributed by atoms with van der Waals surface area (Å²) in [6.45, 7) is 2.02. The van der Waals surface area contributed by atoms with Gasteiger partial charge in [-0.3, -0.25) is 10.1 Å². The van der Waals surface area contributed by atoms with Crippen LogP contribution in [-0.4, -0.2) is 16.1 Å². The molecule has 39 heavy (non-hydrogen) atoms. The number of benzene rings is 3. The van der Waals surface area contributed by atoms with E-state index in [0.717, 1.165) is 23.3 Å². The second-order valence-electron chi connectivity index (χ2n) is 9.13. The fourth-order valence-electron chi connectivity index (χ4n) is 4.41. The number of carbonyl (C=O) groups excluding carboxylic acids is 1. The van der Waals surface area contributed by atoms with Crippen molar-refractivity contribution in [2.24, 2.45) is 10.1 Å². The van der Waals surface area contributed by atoms with Gasteiger partial charge in [-0.15, -0.1) is 5.10 Å². The minimum absolute atomic E-state index is 0.256. The summed E-state index contributed by atoms with van der Waals surface area (Å²) < 4.78 is 45.8. The molecule has 4 aromatic rings. The molecule has 6 rings (SSSR count). The molecular weight excluding hydrogens is 525 g/mol. The third-order valence-corrected chi connectivity index (χ3v) is 7.30. The maximum Gasteiger partial charge on any atom is 0.416 e. The van der Waals surface area contributed by atoms with Gasteiger partial charge >= 0.3 is 6.18 Å². The molecule has 0 saturated carbocycles. The molecule has 0 saturated heterocycles. The summed E-state index contributed by atoms with van der Waals surface area (Å²) in [6, 6.07) is 23.5. The Hall–Kier alpha value is -4.31. The van der Waals surface area contributed by atoms with Crippen LogP contribution < -0.4 is 15.9 Å². The van der Waals surface area contributed by atoms with Crippen molar-refractivity contribution in [3.05, 3.63) is 118 Å². The van der Waals surface area contributed by atoms with E-state index in [0.29, 0.717) is 33.0 Å². The van der Waals surface area contributed by atoms with Gasteiger partial charge in [0.05, 0.1) is 10.9 Å². The topological polar surface area (TPSA) is 70.2 Å². The lowest BCUT2D eigenvalue weighted by Crippen LogP contribution is -2.50. The minimum atomic E-state index is -4.47. The van der Waals surface area contributed by atoms with Crippen LogP contribution in [0, 0.1) is 6.92 Å². The Morgan fingerprint density at radius 1 is 1.00 bits per heavy atom. The van der Waals surface area contributed by atoms with Crippen LogP contribution in [0.1, 0.15) is 28.6 Å². The molecule has 10 heteroatoms. The predicted octanol–water partition coefficient (Wildman–Crippen LogP) is 5.35. The third-order valence-electron chi connectivity index (χ3n) is 6.37. The number of aryl methyl sites for hydroxylation is 1. The smallest absolute Gasteiger partial charge is 0.416 e. The van der Waals surface area contributed by atoms with Crippen LogP contribution in [-0.2, 0) is 16.7 Å². The van der Waals surface area contributed by atoms with E-state index in [1.165, 1.54) is 22.8 Å². The highest BCUT2D eigenvalue weighted by atomic mass is 32.2. The van der Waals surface area contributed by atoms with E-state index in [1.54, 1.807) is 30.3 Å². The number of furan rings is 1. The fourth-order valence-corrected chi connectivity index (χ4v) is 5.22. The third kappa shape index (κ3) is 4.95. The van der Waals surface area contributed by atoms with Crippen molar-refractivity contribution < 1.29 is 22.4 Å². The first-order chi connectivity index (χ1) is 18.8. The van der Waals surface area contributed by atoms with Gasteiger partial charge in [0.2, 0.25) is 6.17 Å². The Balaban J connectivity index is 1.37. The van der Waals surface area contributed by atoms with E-state index in [9.17, 15) is 18.0 Å². The van der Waals surface area contributed by atoms with Gasteiger partial charge in [-0.05, 0) is 42.8 Å². The van der Waals surface area contributed by atoms with Crippen LogP contribution in [0.2, 0.25) is 0 Å². The number of amidine groups is 1. The summed E-state index contributed by atoms with van der Waals surface area (Å²) in [5, 5.41) is 10.7. The quantitative estimate of drug-likeness (QED) is 0.375. The van der Waals surface area contributed by atoms with Crippen LogP contribution in [0.25, 0.3) is 17.0 Å². The van der Waals surface area contributed by atoms with Gasteiger partial charge in [0.15, 0.2) is 10.9 Å². The van der Waals surface area contributed by atoms with Gasteiger partial charge in [0, 0.05) is 16.5 Å². The number of thioether (sulfide) groups is 1. The standard InChI is InChI=1S/C29H21F3N4O2S/c1-17-9-11-18(12-10-17)16-39-28-34-27(37)25-21-7-2-3-8-22(21)33-26(36(25)35-28)24-14-13-23(38-24)19-5-4-6-20(15-19)29(30,31)32/h2-15,26H,16H2,1H3,(H,34,35,37)/t26-/m0/s1. The molecule has 1 aromatic heterocycles. The van der Waals surface area contributed by atoms with Crippen molar-refractivity contribution in [3.63, 3.8) is 0 Å². The molecule has 0 bridgehead atoms. The zero-order chi connectivity index (χ0) is 27.1. The second kappa shape index (κ2) is 9.77. The van der Waals surface area contributed by atoms with E-state index in [4.69, 9.17) is 14.5 Å². The number of hydrazone groups is 1. The number of alkyl halides is 3. The summed E-state index contributed by atoms with van der Waals surface area (Å²) in [4.78, 5) is 18.1. The van der Waals surface area contributed by atoms with Crippen LogP contribution in [0.4, 0.5) is 13.2 Å². The summed E-state index contributed by atoms with van der Waals surface area (Å²) in [5.74, 6) is 0.872. The lowest BCUT2D eigenvalue weighted by atomic mass is 10.1. The van der Waals surface area contributed by atoms with Gasteiger partial charge < -0.3 is 4.42 Å². The lowest BCUT2D eigenvalue weighted by Gasteiger charge is -2.32. The molecule has 0 unspecified atom stereocenters. The Morgan fingerprint density at radius 2 is 1.79 bits per heavy atom. The van der Waals surface area contributed by atoms with Crippen LogP contribution >= 0.6 is 11.8 Å². The van der Waals surface area contributed by atoms with Crippen LogP contribution in [0.5, 0.6) is 0 Å². The molecule has 0 radical (unpaired) electrons. The number of amides is 1. The molecule has 0 fully saturated rings. The van der Waals surface area contributed by atoms with Gasteiger partial charge in [-0.25, -0.2) is 10.0 Å². The first-order valence-corrected chi connectivity index (χ1v) is 13.1. The largest absolute Gasteiger partial charge is 0.457 e. The van der Waals surface area contributed by atoms with Crippen molar-refractivity contribution in [1.29, 1.82) is 0 Å². The number of hydrogen-bond donors (Lipinski definition) is 1. The predicted molar refractivity (Wildman–Crippen MR) is 142 cm³/mol. The summed E-state index contributed by atoms with van der Waals surface area (Å²) in [7, 11) is 0. The number of hydrogen-bond acceptors (Lipinski definition) is 6. The molecule has 1 atom stereocenters. The number of halogens is 3. The van der Waals surface area contributed by atoms with Crippen molar-refractivity contribution in [1.82, 2.24) is 10.3 Å². The molecular formula is C29H21F3N4O2S. The molecule has 196 valence electrons. The SMILES string of the molecule is Cc1ccc(CSC2=NN3C(=c4ccccc4=N[C@@H]3c3ccc(-c4cccc(C(F)(F)F)c4)o3)C(=O)N2)cc1. The first-order valence-electron chi connectivity index (χ1n) is 12.1. The number of nitrogens with one attached hydrogen (secondary N) is 1. The first kappa shape index (κ1) is 25.0. The molecule has 3 heterocycles.